The van der Waals surface area contributed by atoms with Gasteiger partial charge in [0.2, 0.25) is 5.89 Å². The minimum absolute atomic E-state index is 0.290. The van der Waals surface area contributed by atoms with E-state index in [0.29, 0.717) is 19.4 Å². The number of rotatable bonds is 10. The summed E-state index contributed by atoms with van der Waals surface area (Å²) in [6.45, 7) is 6.94. The van der Waals surface area contributed by atoms with Gasteiger partial charge in [0, 0.05) is 6.42 Å². The molecule has 1 heterocycles. The summed E-state index contributed by atoms with van der Waals surface area (Å²) in [5.41, 5.74) is 3.96. The molecule has 152 valence electrons. The summed E-state index contributed by atoms with van der Waals surface area (Å²) < 4.78 is 11.9. The van der Waals surface area contributed by atoms with Crippen LogP contribution in [-0.2, 0) is 23.2 Å². The van der Waals surface area contributed by atoms with Crippen molar-refractivity contribution in [3.63, 3.8) is 0 Å². The fraction of sp³-hybridized carbons (Fsp3) is 0.360. The van der Waals surface area contributed by atoms with Crippen molar-refractivity contribution in [2.45, 2.75) is 58.5 Å². The van der Waals surface area contributed by atoms with Gasteiger partial charge < -0.3 is 13.9 Å². The third kappa shape index (κ3) is 4.58. The van der Waals surface area contributed by atoms with Gasteiger partial charge in [0.05, 0.1) is 11.1 Å². The zero-order valence-electron chi connectivity index (χ0n) is 17.5. The van der Waals surface area contributed by atoms with Crippen LogP contribution in [0.15, 0.2) is 59.2 Å². The molecule has 0 N–H and O–H groups in total. The predicted octanol–water partition coefficient (Wildman–Crippen LogP) is 5.80. The van der Waals surface area contributed by atoms with Gasteiger partial charge in [-0.05, 0) is 48.9 Å². The number of nitrogens with zero attached hydrogens (tertiary/aromatic N) is 1. The number of carbonyl (C=O) groups is 1. The molecule has 0 spiro atoms. The van der Waals surface area contributed by atoms with Gasteiger partial charge in [-0.25, -0.2) is 4.98 Å². The van der Waals surface area contributed by atoms with E-state index in [4.69, 9.17) is 14.1 Å². The van der Waals surface area contributed by atoms with Crippen LogP contribution in [0.1, 0.15) is 61.4 Å². The molecule has 4 heteroatoms. The molecule has 3 rings (SSSR count). The molecular formula is C25H29NO3. The molecular weight excluding hydrogens is 362 g/mol. The van der Waals surface area contributed by atoms with E-state index in [-0.39, 0.29) is 5.41 Å². The van der Waals surface area contributed by atoms with Crippen LogP contribution < -0.4 is 4.74 Å². The summed E-state index contributed by atoms with van der Waals surface area (Å²) in [7, 11) is 0. The van der Waals surface area contributed by atoms with Crippen LogP contribution >= 0.6 is 0 Å². The average molecular weight is 392 g/mol. The molecule has 0 saturated carbocycles. The Bertz CT molecular complexity index is 926. The highest BCUT2D eigenvalue weighted by Gasteiger charge is 2.36. The Morgan fingerprint density at radius 3 is 2.52 bits per heavy atom. The molecule has 0 radical (unpaired) electrons. The molecule has 0 atom stereocenters. The molecule has 0 saturated heterocycles. The Hall–Kier alpha value is -2.88. The molecule has 0 fully saturated rings. The molecule has 0 aliphatic heterocycles. The maximum absolute atomic E-state index is 10.7. The summed E-state index contributed by atoms with van der Waals surface area (Å²) >= 11 is 0. The van der Waals surface area contributed by atoms with Gasteiger partial charge in [-0.3, -0.25) is 0 Å². The standard InChI is InChI=1S/C25H29NO3/c1-4-25(5-2,24-26-22(18-29-24)12-9-15-27)21-13-14-23(19(3)16-21)28-17-20-10-7-6-8-11-20/h6-8,10-11,13-16,18H,4-5,9,12,17H2,1-3H3. The summed E-state index contributed by atoms with van der Waals surface area (Å²) in [6, 6.07) is 16.5. The van der Waals surface area contributed by atoms with Crippen molar-refractivity contribution >= 4 is 6.29 Å². The number of oxazole rings is 1. The van der Waals surface area contributed by atoms with Crippen LogP contribution in [-0.4, -0.2) is 11.3 Å². The molecule has 0 unspecified atom stereocenters. The van der Waals surface area contributed by atoms with E-state index in [1.165, 1.54) is 5.56 Å². The number of aromatic nitrogens is 1. The van der Waals surface area contributed by atoms with E-state index >= 15 is 0 Å². The molecule has 4 nitrogen and oxygen atoms in total. The maximum Gasteiger partial charge on any atom is 0.204 e. The minimum Gasteiger partial charge on any atom is -0.489 e. The second-order valence-electron chi connectivity index (χ2n) is 7.39. The summed E-state index contributed by atoms with van der Waals surface area (Å²) in [5.74, 6) is 1.61. The topological polar surface area (TPSA) is 52.3 Å². The number of benzene rings is 2. The lowest BCUT2D eigenvalue weighted by molar-refractivity contribution is -0.107. The number of aldehydes is 1. The number of hydrogen-bond donors (Lipinski definition) is 0. The first-order chi connectivity index (χ1) is 14.1. The molecule has 29 heavy (non-hydrogen) atoms. The monoisotopic (exact) mass is 391 g/mol. The van der Waals surface area contributed by atoms with Crippen molar-refractivity contribution in [2.24, 2.45) is 0 Å². The van der Waals surface area contributed by atoms with Crippen molar-refractivity contribution < 1.29 is 13.9 Å². The van der Waals surface area contributed by atoms with Gasteiger partial charge >= 0.3 is 0 Å². The molecule has 0 amide bonds. The highest BCUT2D eigenvalue weighted by atomic mass is 16.5. The van der Waals surface area contributed by atoms with Crippen LogP contribution in [0, 0.1) is 6.92 Å². The van der Waals surface area contributed by atoms with Crippen LogP contribution in [0.4, 0.5) is 0 Å². The Balaban J connectivity index is 1.84. The highest BCUT2D eigenvalue weighted by molar-refractivity contribution is 5.49. The van der Waals surface area contributed by atoms with E-state index in [0.717, 1.165) is 47.6 Å². The van der Waals surface area contributed by atoms with Gasteiger partial charge in [-0.2, -0.15) is 0 Å². The number of aryl methyl sites for hydroxylation is 2. The van der Waals surface area contributed by atoms with Crippen LogP contribution in [0.3, 0.4) is 0 Å². The van der Waals surface area contributed by atoms with Crippen molar-refractivity contribution in [1.29, 1.82) is 0 Å². The van der Waals surface area contributed by atoms with Crippen LogP contribution in [0.2, 0.25) is 0 Å². The first-order valence-electron chi connectivity index (χ1n) is 10.3. The SMILES string of the molecule is CCC(CC)(c1ccc(OCc2ccccc2)c(C)c1)c1nc(CCC=O)co1. The lowest BCUT2D eigenvalue weighted by Gasteiger charge is -2.29. The van der Waals surface area contributed by atoms with Gasteiger partial charge in [0.15, 0.2) is 0 Å². The molecule has 1 aromatic heterocycles. The van der Waals surface area contributed by atoms with Gasteiger partial charge in [0.1, 0.15) is 24.9 Å². The third-order valence-electron chi connectivity index (χ3n) is 5.65. The van der Waals surface area contributed by atoms with E-state index in [9.17, 15) is 4.79 Å². The normalized spacial score (nSPS) is 11.4. The maximum atomic E-state index is 10.7. The molecule has 0 bridgehead atoms. The zero-order valence-corrected chi connectivity index (χ0v) is 17.5. The van der Waals surface area contributed by atoms with Crippen molar-refractivity contribution in [3.8, 4) is 5.75 Å². The molecule has 0 aliphatic rings. The second-order valence-corrected chi connectivity index (χ2v) is 7.39. The first kappa shape index (κ1) is 20.8. The summed E-state index contributed by atoms with van der Waals surface area (Å²) in [6.07, 6.45) is 5.43. The van der Waals surface area contributed by atoms with Crippen LogP contribution in [0.5, 0.6) is 5.75 Å². The largest absolute Gasteiger partial charge is 0.489 e. The van der Waals surface area contributed by atoms with Crippen LogP contribution in [0.25, 0.3) is 0 Å². The van der Waals surface area contributed by atoms with Gasteiger partial charge in [0.25, 0.3) is 0 Å². The quantitative estimate of drug-likeness (QED) is 0.410. The molecule has 0 aliphatic carbocycles. The fourth-order valence-corrected chi connectivity index (χ4v) is 3.78. The Morgan fingerprint density at radius 1 is 1.10 bits per heavy atom. The van der Waals surface area contributed by atoms with Crippen molar-refractivity contribution in [2.75, 3.05) is 0 Å². The number of ether oxygens (including phenoxy) is 1. The Morgan fingerprint density at radius 2 is 1.86 bits per heavy atom. The Kier molecular flexibility index (Phi) is 6.86. The predicted molar refractivity (Wildman–Crippen MR) is 114 cm³/mol. The van der Waals surface area contributed by atoms with E-state index < -0.39 is 0 Å². The Labute approximate surface area is 172 Å². The molecule has 3 aromatic rings. The third-order valence-corrected chi connectivity index (χ3v) is 5.65. The van der Waals surface area contributed by atoms with Crippen molar-refractivity contribution in [1.82, 2.24) is 4.98 Å². The average Bonchev–Trinajstić information content (AvgIpc) is 3.23. The molecule has 2 aromatic carbocycles. The van der Waals surface area contributed by atoms with E-state index in [1.54, 1.807) is 6.26 Å². The highest BCUT2D eigenvalue weighted by Crippen LogP contribution is 2.40. The van der Waals surface area contributed by atoms with Gasteiger partial charge in [-0.15, -0.1) is 0 Å². The van der Waals surface area contributed by atoms with E-state index in [2.05, 4.69) is 45.0 Å². The fourth-order valence-electron chi connectivity index (χ4n) is 3.78. The second kappa shape index (κ2) is 9.55. The number of hydrogen-bond acceptors (Lipinski definition) is 4. The summed E-state index contributed by atoms with van der Waals surface area (Å²) in [5, 5.41) is 0. The van der Waals surface area contributed by atoms with Gasteiger partial charge in [-0.1, -0.05) is 56.3 Å². The van der Waals surface area contributed by atoms with E-state index in [1.807, 2.05) is 24.3 Å². The summed E-state index contributed by atoms with van der Waals surface area (Å²) in [4.78, 5) is 15.4. The first-order valence-corrected chi connectivity index (χ1v) is 10.3. The minimum atomic E-state index is -0.290. The lowest BCUT2D eigenvalue weighted by Crippen LogP contribution is -2.26. The number of carbonyl (C=O) groups excluding carboxylic acids is 1. The lowest BCUT2D eigenvalue weighted by atomic mass is 9.75. The smallest absolute Gasteiger partial charge is 0.204 e. The van der Waals surface area contributed by atoms with Crippen molar-refractivity contribution in [3.05, 3.63) is 83.1 Å². The zero-order chi connectivity index (χ0) is 20.7.